The van der Waals surface area contributed by atoms with Crippen LogP contribution in [0.4, 0.5) is 0 Å². The highest BCUT2D eigenvalue weighted by atomic mass is 79.9. The molecule has 0 saturated heterocycles. The summed E-state index contributed by atoms with van der Waals surface area (Å²) < 4.78 is 0.876. The Kier molecular flexibility index (Phi) is 6.16. The average molecular weight is 319 g/mol. The van der Waals surface area contributed by atoms with Gasteiger partial charge >= 0.3 is 0 Å². The van der Waals surface area contributed by atoms with Gasteiger partial charge in [-0.1, -0.05) is 60.1 Å². The van der Waals surface area contributed by atoms with E-state index in [-0.39, 0.29) is 0 Å². The fourth-order valence-corrected chi connectivity index (χ4v) is 1.72. The molecule has 0 N–H and O–H groups in total. The van der Waals surface area contributed by atoms with Gasteiger partial charge in [0.05, 0.1) is 0 Å². The van der Waals surface area contributed by atoms with Gasteiger partial charge in [0.25, 0.3) is 0 Å². The molecular weight excluding hydrogens is 304 g/mol. The summed E-state index contributed by atoms with van der Waals surface area (Å²) in [6, 6.07) is 15.3. The molecule has 2 aromatic rings. The van der Waals surface area contributed by atoms with Crippen molar-refractivity contribution in [2.24, 2.45) is 0 Å². The van der Waals surface area contributed by atoms with Crippen molar-refractivity contribution in [1.29, 1.82) is 0 Å². The lowest BCUT2D eigenvalue weighted by Gasteiger charge is -2.00. The van der Waals surface area contributed by atoms with Crippen molar-refractivity contribution >= 4 is 27.5 Å². The summed E-state index contributed by atoms with van der Waals surface area (Å²) in [5.41, 5.74) is 0.822. The molecule has 2 rings (SSSR count). The number of ketones is 2. The van der Waals surface area contributed by atoms with Crippen LogP contribution in [-0.2, 0) is 0 Å². The normalized spacial score (nSPS) is 9.21. The largest absolute Gasteiger partial charge is 0.285 e. The van der Waals surface area contributed by atoms with Gasteiger partial charge in [0, 0.05) is 15.6 Å². The minimum atomic E-state index is -0.483. The van der Waals surface area contributed by atoms with Crippen LogP contribution in [0, 0.1) is 0 Å². The van der Waals surface area contributed by atoms with Crippen molar-refractivity contribution in [3.63, 3.8) is 0 Å². The Hall–Kier alpha value is -1.74. The van der Waals surface area contributed by atoms with Gasteiger partial charge in [-0.15, -0.1) is 0 Å². The maximum absolute atomic E-state index is 11.9. The van der Waals surface area contributed by atoms with Crippen LogP contribution in [0.25, 0.3) is 0 Å². The lowest BCUT2D eigenvalue weighted by molar-refractivity contribution is 0.0817. The number of benzene rings is 2. The predicted octanol–water partition coefficient (Wildman–Crippen LogP) is 4.54. The number of Topliss-reactive ketones (excluding diaryl/α,β-unsaturated/α-hetero) is 2. The number of hydrogen-bond donors (Lipinski definition) is 0. The number of carbonyl (C=O) groups is 2. The minimum absolute atomic E-state index is 0.405. The summed E-state index contributed by atoms with van der Waals surface area (Å²) in [6.45, 7) is 4.00. The zero-order valence-electron chi connectivity index (χ0n) is 10.9. The molecule has 0 aliphatic heterocycles. The standard InChI is InChI=1S/C14H9BrO2.C2H6/c15-12-8-6-11(7-9-12)14(17)13(16)10-4-2-1-3-5-10;1-2/h1-9H;1-2H3. The van der Waals surface area contributed by atoms with Gasteiger partial charge in [0.15, 0.2) is 0 Å². The first-order chi connectivity index (χ1) is 9.18. The molecule has 2 nitrogen and oxygen atoms in total. The Morgan fingerprint density at radius 2 is 1.16 bits per heavy atom. The van der Waals surface area contributed by atoms with Crippen LogP contribution in [0.1, 0.15) is 34.6 Å². The quantitative estimate of drug-likeness (QED) is 0.615. The van der Waals surface area contributed by atoms with E-state index in [1.54, 1.807) is 54.6 Å². The van der Waals surface area contributed by atoms with Gasteiger partial charge in [0.1, 0.15) is 0 Å². The van der Waals surface area contributed by atoms with Crippen LogP contribution in [0.3, 0.4) is 0 Å². The zero-order chi connectivity index (χ0) is 14.3. The highest BCUT2D eigenvalue weighted by Gasteiger charge is 2.17. The molecule has 2 aromatic carbocycles. The molecule has 0 heterocycles. The molecule has 3 heteroatoms. The van der Waals surface area contributed by atoms with Crippen LogP contribution in [0.15, 0.2) is 59.1 Å². The lowest BCUT2D eigenvalue weighted by Crippen LogP contribution is -2.14. The molecule has 0 aliphatic rings. The summed E-state index contributed by atoms with van der Waals surface area (Å²) in [7, 11) is 0. The van der Waals surface area contributed by atoms with Crippen LogP contribution in [0.5, 0.6) is 0 Å². The third-order valence-electron chi connectivity index (χ3n) is 2.35. The molecular formula is C16H15BrO2. The molecule has 0 unspecified atom stereocenters. The zero-order valence-corrected chi connectivity index (χ0v) is 12.5. The molecule has 0 radical (unpaired) electrons. The number of halogens is 1. The maximum Gasteiger partial charge on any atom is 0.233 e. The van der Waals surface area contributed by atoms with Crippen LogP contribution in [-0.4, -0.2) is 11.6 Å². The molecule has 0 amide bonds. The summed E-state index contributed by atoms with van der Waals surface area (Å²) in [6.07, 6.45) is 0. The highest BCUT2D eigenvalue weighted by Crippen LogP contribution is 2.13. The van der Waals surface area contributed by atoms with Gasteiger partial charge in [0.2, 0.25) is 11.6 Å². The number of hydrogen-bond acceptors (Lipinski definition) is 2. The molecule has 0 spiro atoms. The minimum Gasteiger partial charge on any atom is -0.285 e. The van der Waals surface area contributed by atoms with Crippen molar-refractivity contribution in [1.82, 2.24) is 0 Å². The smallest absolute Gasteiger partial charge is 0.233 e. The lowest BCUT2D eigenvalue weighted by atomic mass is 10.0. The summed E-state index contributed by atoms with van der Waals surface area (Å²) in [5, 5.41) is 0. The molecule has 0 fully saturated rings. The van der Waals surface area contributed by atoms with Gasteiger partial charge in [-0.25, -0.2) is 0 Å². The van der Waals surface area contributed by atoms with E-state index in [4.69, 9.17) is 0 Å². The van der Waals surface area contributed by atoms with E-state index in [9.17, 15) is 9.59 Å². The van der Waals surface area contributed by atoms with Gasteiger partial charge in [-0.05, 0) is 24.3 Å². The van der Waals surface area contributed by atoms with E-state index in [1.165, 1.54) is 0 Å². The molecule has 0 saturated carbocycles. The van der Waals surface area contributed by atoms with Gasteiger partial charge in [-0.2, -0.15) is 0 Å². The summed E-state index contributed by atoms with van der Waals surface area (Å²) in [5.74, 6) is -0.961. The van der Waals surface area contributed by atoms with E-state index >= 15 is 0 Å². The van der Waals surface area contributed by atoms with E-state index in [1.807, 2.05) is 13.8 Å². The number of rotatable bonds is 3. The van der Waals surface area contributed by atoms with Gasteiger partial charge in [-0.3, -0.25) is 9.59 Å². The SMILES string of the molecule is CC.O=C(C(=O)c1ccc(Br)cc1)c1ccccc1. The van der Waals surface area contributed by atoms with Crippen molar-refractivity contribution in [2.45, 2.75) is 13.8 Å². The predicted molar refractivity (Wildman–Crippen MR) is 80.6 cm³/mol. The number of carbonyl (C=O) groups excluding carboxylic acids is 2. The van der Waals surface area contributed by atoms with E-state index in [0.29, 0.717) is 11.1 Å². The first kappa shape index (κ1) is 15.3. The average Bonchev–Trinajstić information content (AvgIpc) is 2.49. The maximum atomic E-state index is 11.9. The molecule has 0 aromatic heterocycles. The van der Waals surface area contributed by atoms with Gasteiger partial charge < -0.3 is 0 Å². The van der Waals surface area contributed by atoms with Crippen molar-refractivity contribution in [3.05, 3.63) is 70.2 Å². The molecule has 98 valence electrons. The van der Waals surface area contributed by atoms with E-state index < -0.39 is 11.6 Å². The second-order valence-electron chi connectivity index (χ2n) is 3.53. The van der Waals surface area contributed by atoms with E-state index in [2.05, 4.69) is 15.9 Å². The third kappa shape index (κ3) is 4.14. The van der Waals surface area contributed by atoms with Crippen LogP contribution < -0.4 is 0 Å². The summed E-state index contributed by atoms with van der Waals surface area (Å²) >= 11 is 3.28. The van der Waals surface area contributed by atoms with Crippen molar-refractivity contribution < 1.29 is 9.59 Å². The van der Waals surface area contributed by atoms with Crippen molar-refractivity contribution in [2.75, 3.05) is 0 Å². The monoisotopic (exact) mass is 318 g/mol. The second-order valence-corrected chi connectivity index (χ2v) is 4.45. The highest BCUT2D eigenvalue weighted by molar-refractivity contribution is 9.10. The second kappa shape index (κ2) is 7.64. The fourth-order valence-electron chi connectivity index (χ4n) is 1.45. The third-order valence-corrected chi connectivity index (χ3v) is 2.88. The van der Waals surface area contributed by atoms with E-state index in [0.717, 1.165) is 4.47 Å². The molecule has 0 atom stereocenters. The topological polar surface area (TPSA) is 34.1 Å². The summed E-state index contributed by atoms with van der Waals surface area (Å²) in [4.78, 5) is 23.8. The first-order valence-electron chi connectivity index (χ1n) is 6.08. The Bertz CT molecular complexity index is 545. The molecule has 0 bridgehead atoms. The Labute approximate surface area is 121 Å². The van der Waals surface area contributed by atoms with Crippen LogP contribution >= 0.6 is 15.9 Å². The Balaban J connectivity index is 0.000000861. The molecule has 0 aliphatic carbocycles. The van der Waals surface area contributed by atoms with Crippen molar-refractivity contribution in [3.8, 4) is 0 Å². The Morgan fingerprint density at radius 3 is 1.63 bits per heavy atom. The van der Waals surface area contributed by atoms with Crippen LogP contribution in [0.2, 0.25) is 0 Å². The fraction of sp³-hybridized carbons (Fsp3) is 0.125. The Morgan fingerprint density at radius 1 is 0.737 bits per heavy atom. The molecule has 19 heavy (non-hydrogen) atoms. The first-order valence-corrected chi connectivity index (χ1v) is 6.87.